The Hall–Kier alpha value is -2.04. The average molecular weight is 321 g/mol. The van der Waals surface area contributed by atoms with Gasteiger partial charge in [-0.15, -0.1) is 0 Å². The summed E-state index contributed by atoms with van der Waals surface area (Å²) in [5, 5.41) is 0.508. The van der Waals surface area contributed by atoms with Gasteiger partial charge >= 0.3 is 11.8 Å². The van der Waals surface area contributed by atoms with Crippen molar-refractivity contribution < 1.29 is 19.1 Å². The van der Waals surface area contributed by atoms with Crippen LogP contribution in [0.25, 0.3) is 0 Å². The highest BCUT2D eigenvalue weighted by Gasteiger charge is 2.59. The van der Waals surface area contributed by atoms with E-state index in [4.69, 9.17) is 32.7 Å². The average Bonchev–Trinajstić information content (AvgIpc) is 2.90. The van der Waals surface area contributed by atoms with Crippen LogP contribution in [0.3, 0.4) is 0 Å². The standard InChI is InChI=1S/C15H6Cl2O4/c16-7-5-9-12(11(17)6-7)20-15(13(9)18)10-4-2-1-3-8(10)14(19)21-15/h1-6H. The fourth-order valence-corrected chi connectivity index (χ4v) is 3.17. The van der Waals surface area contributed by atoms with Crippen LogP contribution in [0.4, 0.5) is 0 Å². The van der Waals surface area contributed by atoms with Gasteiger partial charge in [-0.25, -0.2) is 4.79 Å². The topological polar surface area (TPSA) is 52.6 Å². The van der Waals surface area contributed by atoms with Crippen LogP contribution in [0.2, 0.25) is 10.0 Å². The van der Waals surface area contributed by atoms with Crippen molar-refractivity contribution >= 4 is 35.0 Å². The van der Waals surface area contributed by atoms with Crippen LogP contribution < -0.4 is 4.74 Å². The van der Waals surface area contributed by atoms with Crippen molar-refractivity contribution in [3.8, 4) is 5.75 Å². The van der Waals surface area contributed by atoms with Crippen LogP contribution in [-0.4, -0.2) is 11.8 Å². The number of hydrogen-bond acceptors (Lipinski definition) is 4. The molecule has 2 aliphatic rings. The maximum Gasteiger partial charge on any atom is 0.347 e. The summed E-state index contributed by atoms with van der Waals surface area (Å²) >= 11 is 12.0. The fraction of sp³-hybridized carbons (Fsp3) is 0.0667. The van der Waals surface area contributed by atoms with E-state index in [9.17, 15) is 9.59 Å². The number of carbonyl (C=O) groups excluding carboxylic acids is 2. The summed E-state index contributed by atoms with van der Waals surface area (Å²) in [6, 6.07) is 9.53. The first-order valence-electron chi connectivity index (χ1n) is 6.08. The highest BCUT2D eigenvalue weighted by molar-refractivity contribution is 6.37. The molecule has 0 saturated heterocycles. The lowest BCUT2D eigenvalue weighted by atomic mass is 9.97. The van der Waals surface area contributed by atoms with Crippen molar-refractivity contribution in [2.75, 3.05) is 0 Å². The van der Waals surface area contributed by atoms with E-state index >= 15 is 0 Å². The van der Waals surface area contributed by atoms with Gasteiger partial charge in [-0.1, -0.05) is 35.3 Å². The van der Waals surface area contributed by atoms with Crippen molar-refractivity contribution in [2.45, 2.75) is 5.79 Å². The molecule has 0 N–H and O–H groups in total. The number of hydrogen-bond donors (Lipinski definition) is 0. The Morgan fingerprint density at radius 2 is 1.71 bits per heavy atom. The Labute approximate surface area is 129 Å². The molecule has 2 aliphatic heterocycles. The summed E-state index contributed by atoms with van der Waals surface area (Å²) < 4.78 is 10.9. The zero-order valence-electron chi connectivity index (χ0n) is 10.4. The van der Waals surface area contributed by atoms with E-state index in [1.807, 2.05) is 0 Å². The molecule has 1 unspecified atom stereocenters. The molecule has 2 aromatic rings. The lowest BCUT2D eigenvalue weighted by molar-refractivity contribution is -0.0978. The minimum absolute atomic E-state index is 0.176. The molecule has 1 spiro atoms. The number of carbonyl (C=O) groups is 2. The third-order valence-corrected chi connectivity index (χ3v) is 4.03. The van der Waals surface area contributed by atoms with Gasteiger partial charge in [0.15, 0.2) is 5.75 Å². The molecule has 4 rings (SSSR count). The second kappa shape index (κ2) is 4.00. The third kappa shape index (κ3) is 1.51. The minimum atomic E-state index is -1.79. The van der Waals surface area contributed by atoms with Crippen molar-refractivity contribution in [2.24, 2.45) is 0 Å². The van der Waals surface area contributed by atoms with Crippen LogP contribution in [0.5, 0.6) is 5.75 Å². The molecule has 0 saturated carbocycles. The normalized spacial score (nSPS) is 22.0. The van der Waals surface area contributed by atoms with Gasteiger partial charge in [0.1, 0.15) is 0 Å². The smallest absolute Gasteiger partial charge is 0.347 e. The number of Topliss-reactive ketones (excluding diaryl/α,β-unsaturated/α-hetero) is 1. The fourth-order valence-electron chi connectivity index (χ4n) is 2.63. The SMILES string of the molecule is O=C1OC2(Oc3c(Cl)cc(Cl)cc3C2=O)c2ccccc21. The van der Waals surface area contributed by atoms with Crippen LogP contribution >= 0.6 is 23.2 Å². The van der Waals surface area contributed by atoms with Crippen LogP contribution in [-0.2, 0) is 10.5 Å². The van der Waals surface area contributed by atoms with Gasteiger partial charge in [-0.05, 0) is 24.3 Å². The Balaban J connectivity index is 1.96. The Morgan fingerprint density at radius 3 is 2.52 bits per heavy atom. The Bertz CT molecular complexity index is 830. The van der Waals surface area contributed by atoms with E-state index in [-0.39, 0.29) is 16.3 Å². The van der Waals surface area contributed by atoms with E-state index in [1.165, 1.54) is 12.1 Å². The number of benzene rings is 2. The second-order valence-electron chi connectivity index (χ2n) is 4.75. The molecule has 0 fully saturated rings. The monoisotopic (exact) mass is 320 g/mol. The summed E-state index contributed by atoms with van der Waals surface area (Å²) in [5.74, 6) is -2.70. The van der Waals surface area contributed by atoms with E-state index in [1.54, 1.807) is 24.3 Å². The summed E-state index contributed by atoms with van der Waals surface area (Å²) in [6.07, 6.45) is 0. The second-order valence-corrected chi connectivity index (χ2v) is 5.59. The van der Waals surface area contributed by atoms with Gasteiger partial charge in [0, 0.05) is 5.02 Å². The maximum absolute atomic E-state index is 12.7. The van der Waals surface area contributed by atoms with Gasteiger partial charge in [-0.2, -0.15) is 0 Å². The highest BCUT2D eigenvalue weighted by atomic mass is 35.5. The molecule has 0 aromatic heterocycles. The minimum Gasteiger partial charge on any atom is -0.439 e. The molecular formula is C15H6Cl2O4. The van der Waals surface area contributed by atoms with Crippen molar-refractivity contribution in [1.82, 2.24) is 0 Å². The van der Waals surface area contributed by atoms with E-state index in [2.05, 4.69) is 0 Å². The van der Waals surface area contributed by atoms with Crippen molar-refractivity contribution in [3.63, 3.8) is 0 Å². The van der Waals surface area contributed by atoms with Gasteiger partial charge in [0.2, 0.25) is 0 Å². The first kappa shape index (κ1) is 12.7. The summed E-state index contributed by atoms with van der Waals surface area (Å²) in [5.41, 5.74) is 0.890. The molecule has 0 aliphatic carbocycles. The van der Waals surface area contributed by atoms with Crippen LogP contribution in [0.1, 0.15) is 26.3 Å². The van der Waals surface area contributed by atoms with E-state index < -0.39 is 17.5 Å². The van der Waals surface area contributed by atoms with Crippen molar-refractivity contribution in [1.29, 1.82) is 0 Å². The van der Waals surface area contributed by atoms with Crippen LogP contribution in [0, 0.1) is 0 Å². The molecule has 2 aromatic carbocycles. The number of rotatable bonds is 0. The van der Waals surface area contributed by atoms with Gasteiger partial charge in [0.25, 0.3) is 5.78 Å². The predicted molar refractivity (Wildman–Crippen MR) is 75.0 cm³/mol. The number of ketones is 1. The zero-order chi connectivity index (χ0) is 14.8. The predicted octanol–water partition coefficient (Wildman–Crippen LogP) is 3.59. The number of fused-ring (bicyclic) bond motifs is 3. The highest BCUT2D eigenvalue weighted by Crippen LogP contribution is 2.50. The summed E-state index contributed by atoms with van der Waals surface area (Å²) in [7, 11) is 0. The number of halogens is 2. The third-order valence-electron chi connectivity index (χ3n) is 3.54. The van der Waals surface area contributed by atoms with Gasteiger partial charge in [-0.3, -0.25) is 4.79 Å². The molecule has 0 bridgehead atoms. The van der Waals surface area contributed by atoms with Crippen molar-refractivity contribution in [3.05, 3.63) is 63.1 Å². The zero-order valence-corrected chi connectivity index (χ0v) is 11.9. The number of ether oxygens (including phenoxy) is 2. The van der Waals surface area contributed by atoms with E-state index in [0.29, 0.717) is 16.1 Å². The maximum atomic E-state index is 12.7. The van der Waals surface area contributed by atoms with E-state index in [0.717, 1.165) is 0 Å². The lowest BCUT2D eigenvalue weighted by Gasteiger charge is -2.20. The molecule has 0 radical (unpaired) electrons. The lowest BCUT2D eigenvalue weighted by Crippen LogP contribution is -2.37. The molecule has 0 amide bonds. The summed E-state index contributed by atoms with van der Waals surface area (Å²) in [4.78, 5) is 24.7. The largest absolute Gasteiger partial charge is 0.439 e. The van der Waals surface area contributed by atoms with Gasteiger partial charge < -0.3 is 9.47 Å². The Morgan fingerprint density at radius 1 is 0.952 bits per heavy atom. The molecule has 21 heavy (non-hydrogen) atoms. The van der Waals surface area contributed by atoms with Crippen LogP contribution in [0.15, 0.2) is 36.4 Å². The molecule has 104 valence electrons. The molecule has 4 nitrogen and oxygen atoms in total. The van der Waals surface area contributed by atoms with Gasteiger partial charge in [0.05, 0.1) is 21.7 Å². The molecule has 1 atom stereocenters. The molecular weight excluding hydrogens is 315 g/mol. The Kier molecular flexibility index (Phi) is 2.41. The quantitative estimate of drug-likeness (QED) is 0.696. The summed E-state index contributed by atoms with van der Waals surface area (Å²) in [6.45, 7) is 0. The first-order chi connectivity index (χ1) is 10.0. The number of esters is 1. The molecule has 6 heteroatoms. The first-order valence-corrected chi connectivity index (χ1v) is 6.84. The molecule has 2 heterocycles.